The Balaban J connectivity index is 1.86. The number of para-hydroxylation sites is 1. The average Bonchev–Trinajstić information content (AvgIpc) is 2.66. The number of rotatable bonds is 9. The third-order valence-corrected chi connectivity index (χ3v) is 4.69. The largest absolute Gasteiger partial charge is 0.491 e. The van der Waals surface area contributed by atoms with E-state index in [0.29, 0.717) is 25.5 Å². The van der Waals surface area contributed by atoms with E-state index >= 15 is 0 Å². The number of carbonyl (C=O) groups is 1. The van der Waals surface area contributed by atoms with Gasteiger partial charge in [0.05, 0.1) is 6.54 Å². The lowest BCUT2D eigenvalue weighted by Crippen LogP contribution is -2.40. The Morgan fingerprint density at radius 2 is 1.74 bits per heavy atom. The van der Waals surface area contributed by atoms with Crippen LogP contribution in [-0.2, 0) is 4.79 Å². The van der Waals surface area contributed by atoms with Crippen LogP contribution in [0.1, 0.15) is 49.8 Å². The Kier molecular flexibility index (Phi) is 7.71. The zero-order valence-corrected chi connectivity index (χ0v) is 17.0. The minimum atomic E-state index is -0.506. The smallest absolute Gasteiger partial charge is 0.261 e. The molecule has 0 unspecified atom stereocenters. The molecule has 1 amide bonds. The molecule has 0 aliphatic rings. The van der Waals surface area contributed by atoms with Crippen molar-refractivity contribution in [2.24, 2.45) is 0 Å². The Bertz CT molecular complexity index is 755. The van der Waals surface area contributed by atoms with E-state index in [1.807, 2.05) is 57.2 Å². The van der Waals surface area contributed by atoms with E-state index in [1.165, 1.54) is 5.56 Å². The molecule has 146 valence electrons. The van der Waals surface area contributed by atoms with E-state index in [2.05, 4.69) is 25.2 Å². The fourth-order valence-electron chi connectivity index (χ4n) is 2.87. The second kappa shape index (κ2) is 10.0. The van der Waals surface area contributed by atoms with Crippen LogP contribution in [0, 0.1) is 13.8 Å². The Labute approximate surface area is 162 Å². The molecule has 2 aromatic rings. The van der Waals surface area contributed by atoms with Crippen molar-refractivity contribution < 1.29 is 14.3 Å². The zero-order chi connectivity index (χ0) is 19.8. The molecule has 2 rings (SSSR count). The molecule has 0 aliphatic carbocycles. The second-order valence-electron chi connectivity index (χ2n) is 7.04. The average molecular weight is 370 g/mol. The molecule has 0 saturated heterocycles. The molecule has 4 nitrogen and oxygen atoms in total. The molecule has 0 fully saturated rings. The molecule has 4 heteroatoms. The highest BCUT2D eigenvalue weighted by Gasteiger charge is 2.19. The van der Waals surface area contributed by atoms with Crippen molar-refractivity contribution in [3.05, 3.63) is 59.2 Å². The van der Waals surface area contributed by atoms with Crippen LogP contribution >= 0.6 is 0 Å². The van der Waals surface area contributed by atoms with E-state index in [-0.39, 0.29) is 5.91 Å². The van der Waals surface area contributed by atoms with E-state index in [0.717, 1.165) is 22.6 Å². The second-order valence-corrected chi connectivity index (χ2v) is 7.04. The van der Waals surface area contributed by atoms with Crippen molar-refractivity contribution in [3.8, 4) is 11.5 Å². The molecule has 0 aromatic heterocycles. The minimum absolute atomic E-state index is 0.112. The summed E-state index contributed by atoms with van der Waals surface area (Å²) in [4.78, 5) is 12.5. The summed E-state index contributed by atoms with van der Waals surface area (Å²) in [5, 5.41) is 2.92. The number of hydrogen-bond acceptors (Lipinski definition) is 3. The summed E-state index contributed by atoms with van der Waals surface area (Å²) in [6.45, 7) is 11.1. The van der Waals surface area contributed by atoms with Gasteiger partial charge in [0.25, 0.3) is 5.91 Å². The van der Waals surface area contributed by atoms with Gasteiger partial charge in [0.1, 0.15) is 18.1 Å². The van der Waals surface area contributed by atoms with Crippen LogP contribution in [-0.4, -0.2) is 25.2 Å². The summed E-state index contributed by atoms with van der Waals surface area (Å²) >= 11 is 0. The maximum absolute atomic E-state index is 12.5. The van der Waals surface area contributed by atoms with Crippen molar-refractivity contribution >= 4 is 5.91 Å². The van der Waals surface area contributed by atoms with Gasteiger partial charge in [0, 0.05) is 0 Å². The summed E-state index contributed by atoms with van der Waals surface area (Å²) in [5.41, 5.74) is 3.39. The quantitative estimate of drug-likeness (QED) is 0.647. The van der Waals surface area contributed by atoms with Crippen LogP contribution in [0.5, 0.6) is 11.5 Å². The van der Waals surface area contributed by atoms with Crippen LogP contribution in [0.3, 0.4) is 0 Å². The summed E-state index contributed by atoms with van der Waals surface area (Å²) in [7, 11) is 0. The van der Waals surface area contributed by atoms with Crippen LogP contribution in [0.15, 0.2) is 42.5 Å². The van der Waals surface area contributed by atoms with Gasteiger partial charge in [-0.05, 0) is 55.0 Å². The number of carbonyl (C=O) groups excluding carboxylic acids is 1. The molecule has 0 aliphatic heterocycles. The molecular formula is C23H31NO3. The lowest BCUT2D eigenvalue weighted by Gasteiger charge is -2.19. The predicted molar refractivity (Wildman–Crippen MR) is 110 cm³/mol. The number of benzene rings is 2. The van der Waals surface area contributed by atoms with Gasteiger partial charge in [0.2, 0.25) is 0 Å². The first-order valence-electron chi connectivity index (χ1n) is 9.66. The number of hydrogen-bond donors (Lipinski definition) is 1. The topological polar surface area (TPSA) is 47.6 Å². The number of ether oxygens (including phenoxy) is 2. The third-order valence-electron chi connectivity index (χ3n) is 4.69. The van der Waals surface area contributed by atoms with E-state index in [1.54, 1.807) is 0 Å². The Morgan fingerprint density at radius 3 is 2.44 bits per heavy atom. The first kappa shape index (κ1) is 20.8. The van der Waals surface area contributed by atoms with Crippen LogP contribution in [0.25, 0.3) is 0 Å². The fourth-order valence-corrected chi connectivity index (χ4v) is 2.87. The number of nitrogens with one attached hydrogen (secondary N) is 1. The summed E-state index contributed by atoms with van der Waals surface area (Å²) in [5.74, 6) is 1.92. The first-order chi connectivity index (χ1) is 12.9. The van der Waals surface area contributed by atoms with Gasteiger partial charge < -0.3 is 14.8 Å². The number of amides is 1. The highest BCUT2D eigenvalue weighted by atomic mass is 16.5. The monoisotopic (exact) mass is 369 g/mol. The maximum Gasteiger partial charge on any atom is 0.261 e. The van der Waals surface area contributed by atoms with Crippen LogP contribution < -0.4 is 14.8 Å². The van der Waals surface area contributed by atoms with Gasteiger partial charge >= 0.3 is 0 Å². The summed E-state index contributed by atoms with van der Waals surface area (Å²) in [6.07, 6.45) is 0.101. The van der Waals surface area contributed by atoms with Crippen LogP contribution in [0.4, 0.5) is 0 Å². The lowest BCUT2D eigenvalue weighted by atomic mass is 10.0. The van der Waals surface area contributed by atoms with Crippen molar-refractivity contribution in [2.45, 2.75) is 53.1 Å². The number of aryl methyl sites for hydroxylation is 1. The molecule has 0 heterocycles. The molecule has 0 bridgehead atoms. The molecule has 27 heavy (non-hydrogen) atoms. The molecule has 0 radical (unpaired) electrons. The van der Waals surface area contributed by atoms with Crippen molar-refractivity contribution in [2.75, 3.05) is 13.2 Å². The molecular weight excluding hydrogens is 338 g/mol. The Hall–Kier alpha value is -2.49. The molecule has 0 saturated carbocycles. The van der Waals surface area contributed by atoms with Crippen molar-refractivity contribution in [3.63, 3.8) is 0 Å². The molecule has 1 atom stereocenters. The predicted octanol–water partition coefficient (Wildman–Crippen LogP) is 4.78. The molecule has 2 aromatic carbocycles. The summed E-state index contributed by atoms with van der Waals surface area (Å²) in [6, 6.07) is 13.9. The van der Waals surface area contributed by atoms with Gasteiger partial charge in [-0.3, -0.25) is 4.79 Å². The van der Waals surface area contributed by atoms with Crippen LogP contribution in [0.2, 0.25) is 0 Å². The highest BCUT2D eigenvalue weighted by Crippen LogP contribution is 2.25. The van der Waals surface area contributed by atoms with Gasteiger partial charge in [-0.1, -0.05) is 51.1 Å². The zero-order valence-electron chi connectivity index (χ0n) is 17.0. The van der Waals surface area contributed by atoms with E-state index < -0.39 is 6.10 Å². The lowest BCUT2D eigenvalue weighted by molar-refractivity contribution is -0.128. The van der Waals surface area contributed by atoms with Crippen molar-refractivity contribution in [1.29, 1.82) is 0 Å². The van der Waals surface area contributed by atoms with E-state index in [4.69, 9.17) is 9.47 Å². The SMILES string of the molecule is CC[C@@H](Oc1cccc(C)c1C)C(=O)NCCOc1ccccc1C(C)C. The standard InChI is InChI=1S/C23H31NO3/c1-6-20(27-21-13-9-10-17(4)18(21)5)23(25)24-14-15-26-22-12-8-7-11-19(22)16(2)3/h7-13,16,20H,6,14-15H2,1-5H3,(H,24,25)/t20-/m1/s1. The van der Waals surface area contributed by atoms with Gasteiger partial charge in [-0.15, -0.1) is 0 Å². The molecule has 0 spiro atoms. The maximum atomic E-state index is 12.5. The minimum Gasteiger partial charge on any atom is -0.491 e. The Morgan fingerprint density at radius 1 is 1.04 bits per heavy atom. The highest BCUT2D eigenvalue weighted by molar-refractivity contribution is 5.81. The normalized spacial score (nSPS) is 11.9. The van der Waals surface area contributed by atoms with E-state index in [9.17, 15) is 4.79 Å². The van der Waals surface area contributed by atoms with Gasteiger partial charge in [-0.2, -0.15) is 0 Å². The van der Waals surface area contributed by atoms with Gasteiger partial charge in [-0.25, -0.2) is 0 Å². The summed E-state index contributed by atoms with van der Waals surface area (Å²) < 4.78 is 11.8. The first-order valence-corrected chi connectivity index (χ1v) is 9.66. The van der Waals surface area contributed by atoms with Crippen molar-refractivity contribution in [1.82, 2.24) is 5.32 Å². The van der Waals surface area contributed by atoms with Gasteiger partial charge in [0.15, 0.2) is 6.10 Å². The third kappa shape index (κ3) is 5.75. The fraction of sp³-hybridized carbons (Fsp3) is 0.435. The molecule has 1 N–H and O–H groups in total.